The van der Waals surface area contributed by atoms with E-state index in [1.165, 1.54) is 22.3 Å². The summed E-state index contributed by atoms with van der Waals surface area (Å²) in [5.41, 5.74) is 7.20. The average Bonchev–Trinajstić information content (AvgIpc) is 3.38. The van der Waals surface area contributed by atoms with Gasteiger partial charge < -0.3 is 15.5 Å². The number of hydrogen-bond acceptors (Lipinski definition) is 7. The molecular formula is C20H18F2N6OS. The van der Waals surface area contributed by atoms with E-state index in [2.05, 4.69) is 15.0 Å². The summed E-state index contributed by atoms with van der Waals surface area (Å²) in [6, 6.07) is 4.63. The Morgan fingerprint density at radius 1 is 1.20 bits per heavy atom. The number of benzene rings is 1. The molecule has 0 radical (unpaired) electrons. The first kappa shape index (κ1) is 18.9. The second-order valence-electron chi connectivity index (χ2n) is 7.29. The summed E-state index contributed by atoms with van der Waals surface area (Å²) < 4.78 is 27.8. The third-order valence-corrected chi connectivity index (χ3v) is 6.44. The first-order valence-electron chi connectivity index (χ1n) is 9.58. The molecule has 1 fully saturated rings. The van der Waals surface area contributed by atoms with Gasteiger partial charge in [0.25, 0.3) is 5.91 Å². The average molecular weight is 428 g/mol. The summed E-state index contributed by atoms with van der Waals surface area (Å²) in [5, 5.41) is 0.625. The molecule has 2 N–H and O–H groups in total. The Morgan fingerprint density at radius 2 is 2.00 bits per heavy atom. The van der Waals surface area contributed by atoms with E-state index in [0.29, 0.717) is 59.6 Å². The number of thiazole rings is 1. The van der Waals surface area contributed by atoms with Gasteiger partial charge in [-0.25, -0.2) is 23.7 Å². The van der Waals surface area contributed by atoms with Crippen molar-refractivity contribution in [1.29, 1.82) is 0 Å². The normalized spacial score (nSPS) is 18.7. The highest BCUT2D eigenvalue weighted by Gasteiger charge is 2.31. The van der Waals surface area contributed by atoms with Crippen LogP contribution < -0.4 is 15.5 Å². The van der Waals surface area contributed by atoms with Crippen molar-refractivity contribution in [3.8, 4) is 10.6 Å². The van der Waals surface area contributed by atoms with Crippen LogP contribution in [-0.2, 0) is 6.42 Å². The Bertz CT molecular complexity index is 1120. The topological polar surface area (TPSA) is 88.2 Å². The fourth-order valence-electron chi connectivity index (χ4n) is 3.72. The Morgan fingerprint density at radius 3 is 2.73 bits per heavy atom. The maximum atomic E-state index is 14.4. The fraction of sp³-hybridized carbons (Fsp3) is 0.300. The van der Waals surface area contributed by atoms with Crippen LogP contribution in [0.1, 0.15) is 21.8 Å². The molecule has 2 aromatic heterocycles. The summed E-state index contributed by atoms with van der Waals surface area (Å²) in [4.78, 5) is 29.9. The monoisotopic (exact) mass is 428 g/mol. The highest BCUT2D eigenvalue weighted by molar-refractivity contribution is 7.17. The number of amides is 1. The number of aromatic nitrogens is 3. The number of nitrogens with zero attached hydrogens (tertiary/aromatic N) is 5. The van der Waals surface area contributed by atoms with Crippen LogP contribution in [0.15, 0.2) is 30.6 Å². The van der Waals surface area contributed by atoms with Crippen molar-refractivity contribution in [1.82, 2.24) is 15.0 Å². The van der Waals surface area contributed by atoms with Crippen molar-refractivity contribution < 1.29 is 13.6 Å². The Labute approximate surface area is 175 Å². The lowest BCUT2D eigenvalue weighted by molar-refractivity contribution is 0.0983. The summed E-state index contributed by atoms with van der Waals surface area (Å²) >= 11 is 1.23. The Hall–Kier alpha value is -3.14. The molecule has 0 saturated carbocycles. The lowest BCUT2D eigenvalue weighted by Crippen LogP contribution is -2.37. The molecule has 0 bridgehead atoms. The van der Waals surface area contributed by atoms with E-state index in [-0.39, 0.29) is 17.3 Å². The molecule has 2 aliphatic rings. The van der Waals surface area contributed by atoms with E-state index >= 15 is 0 Å². The number of fused-ring (bicyclic) bond motifs is 1. The molecule has 154 valence electrons. The number of halogens is 2. The third kappa shape index (κ3) is 3.17. The van der Waals surface area contributed by atoms with E-state index < -0.39 is 12.0 Å². The number of anilines is 3. The quantitative estimate of drug-likeness (QED) is 0.645. The van der Waals surface area contributed by atoms with Crippen LogP contribution in [0.4, 0.5) is 26.1 Å². The molecule has 7 nitrogen and oxygen atoms in total. The zero-order chi connectivity index (χ0) is 20.8. The molecule has 0 spiro atoms. The van der Waals surface area contributed by atoms with Crippen molar-refractivity contribution >= 4 is 34.6 Å². The molecule has 2 aliphatic heterocycles. The molecule has 5 rings (SSSR count). The van der Waals surface area contributed by atoms with Crippen molar-refractivity contribution in [2.24, 2.45) is 0 Å². The lowest BCUT2D eigenvalue weighted by Gasteiger charge is -2.26. The van der Waals surface area contributed by atoms with Crippen LogP contribution in [0.25, 0.3) is 10.6 Å². The molecule has 10 heteroatoms. The van der Waals surface area contributed by atoms with Gasteiger partial charge in [0.15, 0.2) is 5.82 Å². The van der Waals surface area contributed by atoms with Crippen LogP contribution in [0.2, 0.25) is 0 Å². The standard InChI is InChI=1S/C20H18F2N6OS/c21-12-4-6-27(10-12)20-24-8-11(9-25-20)18-26-14-5-7-28(19(29)17(14)30-18)15-3-1-2-13(23)16(15)22/h1-3,8-9,12H,4-7,10,23H2. The number of nitrogen functional groups attached to an aromatic ring is 1. The van der Waals surface area contributed by atoms with Crippen LogP contribution >= 0.6 is 11.3 Å². The van der Waals surface area contributed by atoms with Gasteiger partial charge >= 0.3 is 0 Å². The lowest BCUT2D eigenvalue weighted by atomic mass is 10.1. The number of carbonyl (C=O) groups is 1. The van der Waals surface area contributed by atoms with Gasteiger partial charge in [-0.1, -0.05) is 6.07 Å². The van der Waals surface area contributed by atoms with E-state index in [1.54, 1.807) is 24.5 Å². The highest BCUT2D eigenvalue weighted by atomic mass is 32.1. The van der Waals surface area contributed by atoms with Crippen molar-refractivity contribution in [3.05, 3.63) is 47.0 Å². The summed E-state index contributed by atoms with van der Waals surface area (Å²) in [6.07, 6.45) is 3.42. The van der Waals surface area contributed by atoms with Gasteiger partial charge in [0, 0.05) is 37.5 Å². The molecule has 1 amide bonds. The minimum Gasteiger partial charge on any atom is -0.396 e. The van der Waals surface area contributed by atoms with Crippen LogP contribution in [-0.4, -0.2) is 46.7 Å². The van der Waals surface area contributed by atoms with E-state index in [0.717, 1.165) is 0 Å². The smallest absolute Gasteiger partial charge is 0.270 e. The van der Waals surface area contributed by atoms with Gasteiger partial charge in [0.05, 0.1) is 23.6 Å². The molecule has 30 heavy (non-hydrogen) atoms. The highest BCUT2D eigenvalue weighted by Crippen LogP contribution is 2.34. The molecular weight excluding hydrogens is 410 g/mol. The Balaban J connectivity index is 1.41. The maximum Gasteiger partial charge on any atom is 0.270 e. The predicted octanol–water partition coefficient (Wildman–Crippen LogP) is 3.07. The number of rotatable bonds is 3. The second-order valence-corrected chi connectivity index (χ2v) is 8.28. The number of carbonyl (C=O) groups excluding carboxylic acids is 1. The van der Waals surface area contributed by atoms with Crippen molar-refractivity contribution in [2.45, 2.75) is 19.0 Å². The SMILES string of the molecule is Nc1cccc(N2CCc3nc(-c4cnc(N5CCC(F)C5)nc4)sc3C2=O)c1F. The second kappa shape index (κ2) is 7.28. The third-order valence-electron chi connectivity index (χ3n) is 5.31. The summed E-state index contributed by atoms with van der Waals surface area (Å²) in [7, 11) is 0. The van der Waals surface area contributed by atoms with Crippen molar-refractivity contribution in [2.75, 3.05) is 35.2 Å². The molecule has 3 aromatic rings. The molecule has 1 saturated heterocycles. The van der Waals surface area contributed by atoms with Crippen LogP contribution in [0, 0.1) is 5.82 Å². The molecule has 1 atom stereocenters. The van der Waals surface area contributed by atoms with Crippen LogP contribution in [0.5, 0.6) is 0 Å². The van der Waals surface area contributed by atoms with Gasteiger partial charge in [-0.2, -0.15) is 0 Å². The molecule has 1 aromatic carbocycles. The van der Waals surface area contributed by atoms with Crippen LogP contribution in [0.3, 0.4) is 0 Å². The molecule has 1 unspecified atom stereocenters. The van der Waals surface area contributed by atoms with Crippen molar-refractivity contribution in [3.63, 3.8) is 0 Å². The maximum absolute atomic E-state index is 14.4. The zero-order valence-corrected chi connectivity index (χ0v) is 16.7. The Kier molecular flexibility index (Phi) is 4.58. The zero-order valence-electron chi connectivity index (χ0n) is 15.9. The van der Waals surface area contributed by atoms with Gasteiger partial charge in [0.1, 0.15) is 16.1 Å². The van der Waals surface area contributed by atoms with Gasteiger partial charge in [0.2, 0.25) is 5.95 Å². The first-order chi connectivity index (χ1) is 14.5. The first-order valence-corrected chi connectivity index (χ1v) is 10.4. The predicted molar refractivity (Wildman–Crippen MR) is 111 cm³/mol. The van der Waals surface area contributed by atoms with E-state index in [1.807, 2.05) is 4.90 Å². The number of nitrogens with two attached hydrogens (primary N) is 1. The number of hydrogen-bond donors (Lipinski definition) is 1. The van der Waals surface area contributed by atoms with E-state index in [9.17, 15) is 13.6 Å². The molecule has 4 heterocycles. The number of alkyl halides is 1. The fourth-order valence-corrected chi connectivity index (χ4v) is 4.76. The summed E-state index contributed by atoms with van der Waals surface area (Å²) in [6.45, 7) is 1.22. The van der Waals surface area contributed by atoms with Gasteiger partial charge in [-0.15, -0.1) is 11.3 Å². The summed E-state index contributed by atoms with van der Waals surface area (Å²) in [5.74, 6) is -0.409. The minimum absolute atomic E-state index is 0.00501. The van der Waals surface area contributed by atoms with Gasteiger partial charge in [-0.3, -0.25) is 4.79 Å². The van der Waals surface area contributed by atoms with E-state index in [4.69, 9.17) is 5.73 Å². The van der Waals surface area contributed by atoms with Gasteiger partial charge in [-0.05, 0) is 18.6 Å². The largest absolute Gasteiger partial charge is 0.396 e. The minimum atomic E-state index is -0.849. The molecule has 0 aliphatic carbocycles.